The Morgan fingerprint density at radius 1 is 1.00 bits per heavy atom. The van der Waals surface area contributed by atoms with Crippen LogP contribution in [0.3, 0.4) is 0 Å². The molecule has 0 radical (unpaired) electrons. The number of aliphatic hydroxyl groups is 1. The van der Waals surface area contributed by atoms with Gasteiger partial charge in [-0.05, 0) is 35.6 Å². The quantitative estimate of drug-likeness (QED) is 0.885. The Hall–Kier alpha value is -2.30. The molecular weight excluding hydrogens is 288 g/mol. The molecule has 0 spiro atoms. The van der Waals surface area contributed by atoms with Gasteiger partial charge >= 0.3 is 0 Å². The normalized spacial score (nSPS) is 14.1. The van der Waals surface area contributed by atoms with Crippen LogP contribution in [0.4, 0.5) is 5.69 Å². The second-order valence-corrected chi connectivity index (χ2v) is 6.18. The SMILES string of the molecule is CC(C)Cc1ccc(C2=CN(c3ccc(CO)cc3)NO2)cc1. The van der Waals surface area contributed by atoms with E-state index in [1.807, 2.05) is 35.5 Å². The molecule has 0 aliphatic carbocycles. The van der Waals surface area contributed by atoms with E-state index >= 15 is 0 Å². The molecule has 0 saturated heterocycles. The Balaban J connectivity index is 1.73. The van der Waals surface area contributed by atoms with Gasteiger partial charge in [0.05, 0.1) is 18.5 Å². The Morgan fingerprint density at radius 3 is 2.26 bits per heavy atom. The topological polar surface area (TPSA) is 44.7 Å². The summed E-state index contributed by atoms with van der Waals surface area (Å²) in [5.74, 6) is 1.44. The van der Waals surface area contributed by atoms with Crippen LogP contribution in [0.25, 0.3) is 5.76 Å². The van der Waals surface area contributed by atoms with E-state index in [9.17, 15) is 0 Å². The van der Waals surface area contributed by atoms with Gasteiger partial charge in [0, 0.05) is 5.56 Å². The van der Waals surface area contributed by atoms with E-state index in [-0.39, 0.29) is 6.61 Å². The molecule has 0 amide bonds. The smallest absolute Gasteiger partial charge is 0.174 e. The molecule has 3 rings (SSSR count). The fraction of sp³-hybridized carbons (Fsp3) is 0.263. The molecule has 1 aliphatic rings. The number of hydrogen-bond acceptors (Lipinski definition) is 4. The second kappa shape index (κ2) is 6.86. The Labute approximate surface area is 136 Å². The van der Waals surface area contributed by atoms with Gasteiger partial charge in [-0.3, -0.25) is 0 Å². The number of rotatable bonds is 5. The summed E-state index contributed by atoms with van der Waals surface area (Å²) in [6.07, 6.45) is 3.01. The van der Waals surface area contributed by atoms with Gasteiger partial charge < -0.3 is 9.94 Å². The van der Waals surface area contributed by atoms with Gasteiger partial charge in [-0.1, -0.05) is 55.8 Å². The summed E-state index contributed by atoms with van der Waals surface area (Å²) in [6, 6.07) is 16.1. The molecule has 0 fully saturated rings. The van der Waals surface area contributed by atoms with Crippen molar-refractivity contribution < 1.29 is 9.94 Å². The van der Waals surface area contributed by atoms with Crippen LogP contribution < -0.4 is 10.6 Å². The number of hydrazine groups is 1. The van der Waals surface area contributed by atoms with Crippen molar-refractivity contribution in [2.45, 2.75) is 26.9 Å². The van der Waals surface area contributed by atoms with Crippen LogP contribution in [0.2, 0.25) is 0 Å². The molecule has 1 heterocycles. The zero-order valence-corrected chi connectivity index (χ0v) is 13.5. The third-order valence-electron chi connectivity index (χ3n) is 3.78. The van der Waals surface area contributed by atoms with Crippen molar-refractivity contribution in [2.24, 2.45) is 5.92 Å². The first-order chi connectivity index (χ1) is 11.2. The number of hydrogen-bond donors (Lipinski definition) is 2. The van der Waals surface area contributed by atoms with Crippen molar-refractivity contribution in [1.29, 1.82) is 0 Å². The lowest BCUT2D eigenvalue weighted by atomic mass is 10.0. The zero-order valence-electron chi connectivity index (χ0n) is 13.5. The van der Waals surface area contributed by atoms with E-state index in [4.69, 9.17) is 9.94 Å². The highest BCUT2D eigenvalue weighted by Crippen LogP contribution is 2.25. The first kappa shape index (κ1) is 15.6. The summed E-state index contributed by atoms with van der Waals surface area (Å²) in [6.45, 7) is 4.49. The predicted molar refractivity (Wildman–Crippen MR) is 92.0 cm³/mol. The second-order valence-electron chi connectivity index (χ2n) is 6.18. The summed E-state index contributed by atoms with van der Waals surface area (Å²) in [5.41, 5.74) is 7.11. The van der Waals surface area contributed by atoms with Gasteiger partial charge in [-0.25, -0.2) is 5.01 Å². The summed E-state index contributed by atoms with van der Waals surface area (Å²) < 4.78 is 0. The summed E-state index contributed by atoms with van der Waals surface area (Å²) in [4.78, 5) is 5.57. The van der Waals surface area contributed by atoms with Gasteiger partial charge in [0.2, 0.25) is 0 Å². The molecule has 0 aromatic heterocycles. The minimum absolute atomic E-state index is 0.0496. The largest absolute Gasteiger partial charge is 0.392 e. The number of anilines is 1. The van der Waals surface area contributed by atoms with Gasteiger partial charge in [0.15, 0.2) is 5.76 Å². The summed E-state index contributed by atoms with van der Waals surface area (Å²) >= 11 is 0. The molecule has 4 nitrogen and oxygen atoms in total. The van der Waals surface area contributed by atoms with Gasteiger partial charge in [-0.2, -0.15) is 0 Å². The molecule has 0 bridgehead atoms. The maximum absolute atomic E-state index is 9.10. The average Bonchev–Trinajstić information content (AvgIpc) is 3.05. The van der Waals surface area contributed by atoms with E-state index < -0.39 is 0 Å². The van der Waals surface area contributed by atoms with Crippen LogP contribution in [0.15, 0.2) is 54.7 Å². The maximum atomic E-state index is 9.10. The van der Waals surface area contributed by atoms with Crippen LogP contribution in [0.1, 0.15) is 30.5 Å². The highest BCUT2D eigenvalue weighted by atomic mass is 16.7. The molecule has 0 atom stereocenters. The Kier molecular flexibility index (Phi) is 4.65. The molecule has 2 aromatic rings. The van der Waals surface area contributed by atoms with Crippen molar-refractivity contribution in [1.82, 2.24) is 5.59 Å². The molecule has 1 aliphatic heterocycles. The lowest BCUT2D eigenvalue weighted by molar-refractivity contribution is 0.180. The first-order valence-electron chi connectivity index (χ1n) is 7.88. The van der Waals surface area contributed by atoms with Crippen molar-refractivity contribution >= 4 is 11.4 Å². The predicted octanol–water partition coefficient (Wildman–Crippen LogP) is 3.63. The average molecular weight is 310 g/mol. The van der Waals surface area contributed by atoms with E-state index in [1.165, 1.54) is 5.56 Å². The van der Waals surface area contributed by atoms with Crippen LogP contribution in [0, 0.1) is 5.92 Å². The number of aliphatic hydroxyl groups excluding tert-OH is 1. The van der Waals surface area contributed by atoms with Crippen molar-refractivity contribution in [3.05, 3.63) is 71.4 Å². The third-order valence-corrected chi connectivity index (χ3v) is 3.78. The molecular formula is C19H22N2O2. The van der Waals surface area contributed by atoms with Crippen LogP contribution in [-0.4, -0.2) is 5.11 Å². The highest BCUT2D eigenvalue weighted by molar-refractivity contribution is 5.66. The van der Waals surface area contributed by atoms with Crippen molar-refractivity contribution in [3.63, 3.8) is 0 Å². The fourth-order valence-electron chi connectivity index (χ4n) is 2.57. The summed E-state index contributed by atoms with van der Waals surface area (Å²) in [7, 11) is 0. The first-order valence-corrected chi connectivity index (χ1v) is 7.88. The van der Waals surface area contributed by atoms with E-state index in [0.717, 1.165) is 29.0 Å². The van der Waals surface area contributed by atoms with Gasteiger partial charge in [0.25, 0.3) is 0 Å². The van der Waals surface area contributed by atoms with Crippen molar-refractivity contribution in [3.8, 4) is 0 Å². The van der Waals surface area contributed by atoms with Crippen LogP contribution >= 0.6 is 0 Å². The molecule has 23 heavy (non-hydrogen) atoms. The molecule has 2 aromatic carbocycles. The summed E-state index contributed by atoms with van der Waals surface area (Å²) in [5, 5.41) is 10.9. The standard InChI is InChI=1S/C19H22N2O2/c1-14(2)11-15-3-7-17(8-4-15)19-12-21(20-23-19)18-9-5-16(13-22)6-10-18/h3-10,12,14,20,22H,11,13H2,1-2H3. The number of nitrogens with one attached hydrogen (secondary N) is 1. The lowest BCUT2D eigenvalue weighted by Crippen LogP contribution is -2.26. The van der Waals surface area contributed by atoms with Crippen molar-refractivity contribution in [2.75, 3.05) is 5.01 Å². The van der Waals surface area contributed by atoms with Gasteiger partial charge in [0.1, 0.15) is 0 Å². The molecule has 0 unspecified atom stereocenters. The maximum Gasteiger partial charge on any atom is 0.174 e. The van der Waals surface area contributed by atoms with Crippen LogP contribution in [0.5, 0.6) is 0 Å². The number of nitrogens with zero attached hydrogens (tertiary/aromatic N) is 1. The van der Waals surface area contributed by atoms with E-state index in [2.05, 4.69) is 43.7 Å². The Bertz CT molecular complexity index is 676. The third kappa shape index (κ3) is 3.73. The minimum atomic E-state index is 0.0496. The lowest BCUT2D eigenvalue weighted by Gasteiger charge is -2.13. The van der Waals surface area contributed by atoms with E-state index in [0.29, 0.717) is 5.92 Å². The van der Waals surface area contributed by atoms with Crippen LogP contribution in [-0.2, 0) is 17.9 Å². The highest BCUT2D eigenvalue weighted by Gasteiger charge is 2.16. The van der Waals surface area contributed by atoms with Gasteiger partial charge in [-0.15, -0.1) is 0 Å². The van der Waals surface area contributed by atoms with E-state index in [1.54, 1.807) is 0 Å². The zero-order chi connectivity index (χ0) is 16.2. The number of benzene rings is 2. The molecule has 4 heteroatoms. The molecule has 120 valence electrons. The molecule has 0 saturated carbocycles. The minimum Gasteiger partial charge on any atom is -0.392 e. The monoisotopic (exact) mass is 310 g/mol. The molecule has 2 N–H and O–H groups in total. The Morgan fingerprint density at radius 2 is 1.65 bits per heavy atom. The fourth-order valence-corrected chi connectivity index (χ4v) is 2.57.